The summed E-state index contributed by atoms with van der Waals surface area (Å²) in [5.41, 5.74) is 6.46. The fourth-order valence-corrected chi connectivity index (χ4v) is 2.81. The standard InChI is InChI=1S/C25H33NO.2C2H6/c1-7-8-24(19(2)3)27-18-26-23-15-11-21(12-16-23)17-20-9-13-22(14-10-20)25(4,5)6;2*1-2/h7-16,26H,17-18H2,1-6H3;2*1-2H3/b8-7-;;. The molecule has 172 valence electrons. The molecule has 0 aliphatic heterocycles. The topological polar surface area (TPSA) is 21.3 Å². The van der Waals surface area contributed by atoms with Gasteiger partial charge in [-0.2, -0.15) is 0 Å². The maximum absolute atomic E-state index is 5.79. The number of anilines is 1. The third-order valence-electron chi connectivity index (χ3n) is 4.50. The van der Waals surface area contributed by atoms with Gasteiger partial charge in [0.05, 0.1) is 0 Å². The van der Waals surface area contributed by atoms with Gasteiger partial charge in [-0.1, -0.05) is 90.9 Å². The number of allylic oxidation sites excluding steroid dienone is 3. The van der Waals surface area contributed by atoms with Gasteiger partial charge in [-0.25, -0.2) is 0 Å². The first kappa shape index (κ1) is 28.5. The Morgan fingerprint density at radius 1 is 0.839 bits per heavy atom. The van der Waals surface area contributed by atoms with Gasteiger partial charge in [0, 0.05) is 5.69 Å². The zero-order valence-corrected chi connectivity index (χ0v) is 21.6. The monoisotopic (exact) mass is 423 g/mol. The summed E-state index contributed by atoms with van der Waals surface area (Å²) >= 11 is 0. The van der Waals surface area contributed by atoms with Gasteiger partial charge >= 0.3 is 0 Å². The van der Waals surface area contributed by atoms with Crippen molar-refractivity contribution in [3.63, 3.8) is 0 Å². The Bertz CT molecular complexity index is 771. The van der Waals surface area contributed by atoms with Gasteiger partial charge in [0.1, 0.15) is 5.76 Å². The summed E-state index contributed by atoms with van der Waals surface area (Å²) < 4.78 is 5.79. The molecule has 0 heterocycles. The maximum atomic E-state index is 5.79. The Morgan fingerprint density at radius 2 is 1.32 bits per heavy atom. The number of nitrogens with one attached hydrogen (secondary N) is 1. The predicted molar refractivity (Wildman–Crippen MR) is 140 cm³/mol. The average molecular weight is 424 g/mol. The predicted octanol–water partition coefficient (Wildman–Crippen LogP) is 8.88. The molecule has 0 aliphatic carbocycles. The highest BCUT2D eigenvalue weighted by atomic mass is 16.5. The smallest absolute Gasteiger partial charge is 0.159 e. The minimum Gasteiger partial charge on any atom is -0.473 e. The molecule has 0 aliphatic rings. The van der Waals surface area contributed by atoms with Crippen LogP contribution in [0.2, 0.25) is 0 Å². The Balaban J connectivity index is 0.00000212. The van der Waals surface area contributed by atoms with E-state index in [2.05, 4.69) is 88.5 Å². The fraction of sp³-hybridized carbons (Fsp3) is 0.448. The number of benzene rings is 2. The summed E-state index contributed by atoms with van der Waals surface area (Å²) in [6.45, 7) is 21.3. The molecular formula is C29H45NO. The molecular weight excluding hydrogens is 378 g/mol. The Hall–Kier alpha value is -2.48. The van der Waals surface area contributed by atoms with E-state index in [1.165, 1.54) is 22.3 Å². The van der Waals surface area contributed by atoms with Gasteiger partial charge in [0.2, 0.25) is 0 Å². The molecule has 2 aromatic rings. The van der Waals surface area contributed by atoms with Gasteiger partial charge in [-0.05, 0) is 73.1 Å². The van der Waals surface area contributed by atoms with Crippen molar-refractivity contribution < 1.29 is 4.74 Å². The first-order valence-corrected chi connectivity index (χ1v) is 11.6. The lowest BCUT2D eigenvalue weighted by Gasteiger charge is -2.19. The van der Waals surface area contributed by atoms with Crippen molar-refractivity contribution in [2.45, 2.75) is 81.1 Å². The highest BCUT2D eigenvalue weighted by molar-refractivity contribution is 5.45. The molecule has 2 nitrogen and oxygen atoms in total. The first-order valence-electron chi connectivity index (χ1n) is 11.6. The number of rotatable bonds is 7. The van der Waals surface area contributed by atoms with E-state index >= 15 is 0 Å². The quantitative estimate of drug-likeness (QED) is 0.273. The highest BCUT2D eigenvalue weighted by Crippen LogP contribution is 2.23. The normalized spacial score (nSPS) is 10.4. The summed E-state index contributed by atoms with van der Waals surface area (Å²) in [4.78, 5) is 0. The molecule has 0 radical (unpaired) electrons. The van der Waals surface area contributed by atoms with Crippen molar-refractivity contribution in [2.24, 2.45) is 0 Å². The third-order valence-corrected chi connectivity index (χ3v) is 4.50. The molecule has 31 heavy (non-hydrogen) atoms. The number of hydrogen-bond donors (Lipinski definition) is 1. The minimum atomic E-state index is 0.201. The molecule has 0 saturated carbocycles. The van der Waals surface area contributed by atoms with Gasteiger partial charge in [0.25, 0.3) is 0 Å². The molecule has 0 fully saturated rings. The molecule has 0 saturated heterocycles. The van der Waals surface area contributed by atoms with Crippen LogP contribution in [-0.4, -0.2) is 6.73 Å². The molecule has 0 aromatic heterocycles. The van der Waals surface area contributed by atoms with Crippen molar-refractivity contribution in [3.8, 4) is 0 Å². The molecule has 2 rings (SSSR count). The summed E-state index contributed by atoms with van der Waals surface area (Å²) in [5, 5.41) is 3.31. The zero-order chi connectivity index (χ0) is 23.9. The van der Waals surface area contributed by atoms with E-state index in [1.54, 1.807) is 0 Å². The summed E-state index contributed by atoms with van der Waals surface area (Å²) in [7, 11) is 0. The van der Waals surface area contributed by atoms with E-state index < -0.39 is 0 Å². The van der Waals surface area contributed by atoms with Crippen LogP contribution in [-0.2, 0) is 16.6 Å². The van der Waals surface area contributed by atoms with Gasteiger partial charge in [-0.15, -0.1) is 0 Å². The Labute approximate surface area is 192 Å². The zero-order valence-electron chi connectivity index (χ0n) is 21.6. The van der Waals surface area contributed by atoms with Crippen LogP contribution < -0.4 is 5.32 Å². The molecule has 0 unspecified atom stereocenters. The van der Waals surface area contributed by atoms with Crippen LogP contribution in [0.25, 0.3) is 0 Å². The van der Waals surface area contributed by atoms with Crippen LogP contribution in [0, 0.1) is 0 Å². The van der Waals surface area contributed by atoms with Gasteiger partial charge < -0.3 is 10.1 Å². The summed E-state index contributed by atoms with van der Waals surface area (Å²) in [6, 6.07) is 17.5. The van der Waals surface area contributed by atoms with E-state index in [-0.39, 0.29) is 5.41 Å². The SMILES string of the molecule is C/C=C\C(OCNc1ccc(Cc2ccc(C(C)(C)C)cc2)cc1)=C(C)C.CC.CC. The Kier molecular flexibility index (Phi) is 14.1. The van der Waals surface area contributed by atoms with E-state index in [0.29, 0.717) is 6.73 Å². The van der Waals surface area contributed by atoms with Crippen LogP contribution in [0.1, 0.15) is 85.9 Å². The van der Waals surface area contributed by atoms with Crippen molar-refractivity contribution in [1.29, 1.82) is 0 Å². The van der Waals surface area contributed by atoms with E-state index in [0.717, 1.165) is 17.9 Å². The minimum absolute atomic E-state index is 0.201. The lowest BCUT2D eigenvalue weighted by atomic mass is 9.86. The molecule has 1 N–H and O–H groups in total. The molecule has 0 spiro atoms. The van der Waals surface area contributed by atoms with Gasteiger partial charge in [-0.3, -0.25) is 0 Å². The largest absolute Gasteiger partial charge is 0.473 e. The van der Waals surface area contributed by atoms with Crippen molar-refractivity contribution in [3.05, 3.63) is 88.7 Å². The molecule has 2 heteroatoms. The van der Waals surface area contributed by atoms with Crippen LogP contribution in [0.4, 0.5) is 5.69 Å². The maximum Gasteiger partial charge on any atom is 0.159 e. The lowest BCUT2D eigenvalue weighted by molar-refractivity contribution is 0.244. The molecule has 2 aromatic carbocycles. The van der Waals surface area contributed by atoms with Crippen molar-refractivity contribution in [2.75, 3.05) is 12.0 Å². The summed E-state index contributed by atoms with van der Waals surface area (Å²) in [5.74, 6) is 0.917. The second kappa shape index (κ2) is 15.3. The Morgan fingerprint density at radius 3 is 1.74 bits per heavy atom. The fourth-order valence-electron chi connectivity index (χ4n) is 2.81. The number of hydrogen-bond acceptors (Lipinski definition) is 2. The lowest BCUT2D eigenvalue weighted by Crippen LogP contribution is -2.10. The van der Waals surface area contributed by atoms with Crippen molar-refractivity contribution in [1.82, 2.24) is 0 Å². The van der Waals surface area contributed by atoms with E-state index in [1.807, 2.05) is 46.8 Å². The number of ether oxygens (including phenoxy) is 1. The van der Waals surface area contributed by atoms with E-state index in [9.17, 15) is 0 Å². The van der Waals surface area contributed by atoms with Crippen LogP contribution >= 0.6 is 0 Å². The highest BCUT2D eigenvalue weighted by Gasteiger charge is 2.12. The van der Waals surface area contributed by atoms with Crippen LogP contribution in [0.5, 0.6) is 0 Å². The van der Waals surface area contributed by atoms with Crippen molar-refractivity contribution >= 4 is 5.69 Å². The van der Waals surface area contributed by atoms with E-state index in [4.69, 9.17) is 4.74 Å². The molecule has 0 amide bonds. The first-order chi connectivity index (χ1) is 14.8. The second-order valence-corrected chi connectivity index (χ2v) is 8.15. The summed E-state index contributed by atoms with van der Waals surface area (Å²) in [6.07, 6.45) is 4.93. The van der Waals surface area contributed by atoms with Gasteiger partial charge in [0.15, 0.2) is 6.73 Å². The second-order valence-electron chi connectivity index (χ2n) is 8.15. The average Bonchev–Trinajstić information content (AvgIpc) is 2.77. The molecule has 0 bridgehead atoms. The molecule has 0 atom stereocenters. The third kappa shape index (κ3) is 10.9. The van der Waals surface area contributed by atoms with Crippen LogP contribution in [0.3, 0.4) is 0 Å². The van der Waals surface area contributed by atoms with Crippen LogP contribution in [0.15, 0.2) is 72.0 Å².